The van der Waals surface area contributed by atoms with E-state index in [1.54, 1.807) is 13.8 Å². The lowest BCUT2D eigenvalue weighted by Crippen LogP contribution is -2.25. The van der Waals surface area contributed by atoms with E-state index in [1.807, 2.05) is 0 Å². The van der Waals surface area contributed by atoms with Crippen LogP contribution in [0.4, 0.5) is 0 Å². The van der Waals surface area contributed by atoms with Crippen molar-refractivity contribution in [1.82, 2.24) is 0 Å². The van der Waals surface area contributed by atoms with Crippen LogP contribution in [0.15, 0.2) is 58.4 Å². The van der Waals surface area contributed by atoms with E-state index in [9.17, 15) is 0 Å². The molecule has 0 bridgehead atoms. The Morgan fingerprint density at radius 3 is 2.00 bits per heavy atom. The Morgan fingerprint density at radius 2 is 1.65 bits per heavy atom. The highest BCUT2D eigenvalue weighted by molar-refractivity contribution is 8.37. The summed E-state index contributed by atoms with van der Waals surface area (Å²) >= 11 is 0. The van der Waals surface area contributed by atoms with Gasteiger partial charge in [0.05, 0.1) is 0 Å². The summed E-state index contributed by atoms with van der Waals surface area (Å²) in [6.45, 7) is 14.9. The molecular weight excluding hydrogens is 300 g/mol. The van der Waals surface area contributed by atoms with Crippen LogP contribution in [0.3, 0.4) is 0 Å². The summed E-state index contributed by atoms with van der Waals surface area (Å²) in [4.78, 5) is 2.97. The van der Waals surface area contributed by atoms with Gasteiger partial charge in [0, 0.05) is 6.10 Å². The number of allylic oxidation sites excluding steroid dienone is 3. The molecule has 0 heterocycles. The molecule has 1 aromatic rings. The van der Waals surface area contributed by atoms with Gasteiger partial charge in [0.25, 0.3) is 0 Å². The van der Waals surface area contributed by atoms with Gasteiger partial charge in [0.1, 0.15) is 0 Å². The molecule has 0 saturated carbocycles. The number of aliphatic hydroxyl groups is 1. The van der Waals surface area contributed by atoms with Crippen LogP contribution in [0.5, 0.6) is 0 Å². The average Bonchev–Trinajstić information content (AvgIpc) is 2.45. The smallest absolute Gasteiger partial charge is 0.0483 e. The monoisotopic (exact) mass is 336 g/mol. The maximum absolute atomic E-state index is 8.06. The maximum Gasteiger partial charge on any atom is 0.0483 e. The topological polar surface area (TPSA) is 20.2 Å². The highest BCUT2D eigenvalue weighted by Crippen LogP contribution is 2.68. The van der Waals surface area contributed by atoms with Crippen LogP contribution in [0.2, 0.25) is 0 Å². The van der Waals surface area contributed by atoms with Crippen LogP contribution in [0, 0.1) is 0 Å². The van der Waals surface area contributed by atoms with E-state index < -0.39 is 10.0 Å². The minimum atomic E-state index is -1.02. The molecular formula is C21H36OS. The van der Waals surface area contributed by atoms with Crippen molar-refractivity contribution in [1.29, 1.82) is 0 Å². The molecule has 1 unspecified atom stereocenters. The third kappa shape index (κ3) is 6.56. The first kappa shape index (κ1) is 22.0. The lowest BCUT2D eigenvalue weighted by molar-refractivity contribution is 0.216. The molecule has 0 aromatic heterocycles. The van der Waals surface area contributed by atoms with Crippen molar-refractivity contribution in [3.05, 3.63) is 53.5 Å². The quantitative estimate of drug-likeness (QED) is 0.619. The predicted molar refractivity (Wildman–Crippen MR) is 109 cm³/mol. The Hall–Kier alpha value is -0.990. The van der Waals surface area contributed by atoms with E-state index in [-0.39, 0.29) is 10.9 Å². The predicted octanol–water partition coefficient (Wildman–Crippen LogP) is 6.54. The van der Waals surface area contributed by atoms with Gasteiger partial charge in [-0.2, -0.15) is 10.0 Å². The van der Waals surface area contributed by atoms with Gasteiger partial charge in [-0.15, -0.1) is 0 Å². The zero-order valence-electron chi connectivity index (χ0n) is 16.3. The number of hydrogen-bond acceptors (Lipinski definition) is 1. The molecule has 0 aliphatic heterocycles. The van der Waals surface area contributed by atoms with Crippen molar-refractivity contribution in [2.24, 2.45) is 0 Å². The fourth-order valence-corrected chi connectivity index (χ4v) is 5.57. The Labute approximate surface area is 145 Å². The number of aliphatic hydroxyl groups excluding tert-OH is 1. The van der Waals surface area contributed by atoms with Crippen molar-refractivity contribution in [3.63, 3.8) is 0 Å². The molecule has 0 radical (unpaired) electrons. The molecule has 1 nitrogen and oxygen atoms in total. The van der Waals surface area contributed by atoms with Gasteiger partial charge in [-0.1, -0.05) is 64.1 Å². The molecule has 0 spiro atoms. The summed E-state index contributed by atoms with van der Waals surface area (Å²) in [5.74, 6) is 0. The number of hydrogen-bond donors (Lipinski definition) is 1. The van der Waals surface area contributed by atoms with Gasteiger partial charge in [-0.25, -0.2) is 0 Å². The highest BCUT2D eigenvalue weighted by Gasteiger charge is 2.36. The molecule has 132 valence electrons. The van der Waals surface area contributed by atoms with Crippen LogP contribution in [0.25, 0.3) is 0 Å². The molecule has 1 atom stereocenters. The van der Waals surface area contributed by atoms with Crippen LogP contribution in [-0.4, -0.2) is 22.2 Å². The standard InChI is InChI=1S/C18H28S.C3H8O/c1-7-12-16(13-8-2)19(6,18(3,4)5)17-14-10-9-11-15-17;1-3(2)4/h7,9-15H,8H2,1-6H3;3-4H,1-2H3/b12-7-,16-13+;. The van der Waals surface area contributed by atoms with Gasteiger partial charge >= 0.3 is 0 Å². The van der Waals surface area contributed by atoms with Crippen molar-refractivity contribution < 1.29 is 5.11 Å². The summed E-state index contributed by atoms with van der Waals surface area (Å²) < 4.78 is 0.245. The second kappa shape index (κ2) is 10.00. The Kier molecular flexibility index (Phi) is 9.57. The molecule has 0 aliphatic carbocycles. The molecule has 23 heavy (non-hydrogen) atoms. The first-order valence-electron chi connectivity index (χ1n) is 8.45. The van der Waals surface area contributed by atoms with Gasteiger partial charge in [0.2, 0.25) is 0 Å². The van der Waals surface area contributed by atoms with Crippen LogP contribution >= 0.6 is 10.0 Å². The highest BCUT2D eigenvalue weighted by atomic mass is 32.3. The lowest BCUT2D eigenvalue weighted by Gasteiger charge is -2.49. The summed E-state index contributed by atoms with van der Waals surface area (Å²) in [6, 6.07) is 11.0. The van der Waals surface area contributed by atoms with E-state index in [0.717, 1.165) is 6.42 Å². The van der Waals surface area contributed by atoms with Crippen molar-refractivity contribution >= 4 is 10.0 Å². The van der Waals surface area contributed by atoms with Gasteiger partial charge in [0.15, 0.2) is 0 Å². The first-order chi connectivity index (χ1) is 10.6. The van der Waals surface area contributed by atoms with E-state index >= 15 is 0 Å². The van der Waals surface area contributed by atoms with Crippen molar-refractivity contribution in [2.45, 2.75) is 70.6 Å². The van der Waals surface area contributed by atoms with Gasteiger partial charge in [-0.05, 0) is 60.1 Å². The zero-order chi connectivity index (χ0) is 18.1. The Balaban J connectivity index is 0.00000108. The first-order valence-corrected chi connectivity index (χ1v) is 10.5. The second-order valence-corrected chi connectivity index (χ2v) is 11.0. The van der Waals surface area contributed by atoms with E-state index in [2.05, 4.69) is 89.4 Å². The molecule has 1 rings (SSSR count). The molecule has 1 N–H and O–H groups in total. The summed E-state index contributed by atoms with van der Waals surface area (Å²) in [7, 11) is -1.02. The lowest BCUT2D eigenvalue weighted by atomic mass is 10.3. The van der Waals surface area contributed by atoms with Crippen LogP contribution < -0.4 is 0 Å². The fourth-order valence-electron chi connectivity index (χ4n) is 2.27. The molecule has 0 fully saturated rings. The number of benzene rings is 1. The Morgan fingerprint density at radius 1 is 1.17 bits per heavy atom. The molecule has 0 amide bonds. The zero-order valence-corrected chi connectivity index (χ0v) is 17.1. The van der Waals surface area contributed by atoms with E-state index in [0.29, 0.717) is 0 Å². The van der Waals surface area contributed by atoms with Gasteiger partial charge < -0.3 is 5.11 Å². The molecule has 0 aliphatic rings. The summed E-state index contributed by atoms with van der Waals surface area (Å²) in [5.41, 5.74) is 0. The van der Waals surface area contributed by atoms with Gasteiger partial charge in [-0.3, -0.25) is 0 Å². The van der Waals surface area contributed by atoms with E-state index in [1.165, 1.54) is 9.80 Å². The maximum atomic E-state index is 8.06. The molecule has 0 saturated heterocycles. The SMILES string of the molecule is C/C=C\C(=C/CC)S(C)(c1ccccc1)C(C)(C)C.CC(C)O. The Bertz CT molecular complexity index is 492. The average molecular weight is 337 g/mol. The molecule has 1 aromatic carbocycles. The fraction of sp³-hybridized carbons (Fsp3) is 0.524. The van der Waals surface area contributed by atoms with Crippen LogP contribution in [0.1, 0.15) is 54.9 Å². The second-order valence-electron chi connectivity index (χ2n) is 6.95. The normalized spacial score (nSPS) is 16.7. The van der Waals surface area contributed by atoms with Crippen LogP contribution in [-0.2, 0) is 0 Å². The summed E-state index contributed by atoms with van der Waals surface area (Å²) in [6.07, 6.45) is 10.2. The number of rotatable bonds is 4. The van der Waals surface area contributed by atoms with Crippen molar-refractivity contribution in [3.8, 4) is 0 Å². The third-order valence-corrected chi connectivity index (χ3v) is 8.56. The van der Waals surface area contributed by atoms with E-state index in [4.69, 9.17) is 5.11 Å². The minimum absolute atomic E-state index is 0.167. The van der Waals surface area contributed by atoms with Crippen molar-refractivity contribution in [2.75, 3.05) is 6.26 Å². The summed E-state index contributed by atoms with van der Waals surface area (Å²) in [5, 5.41) is 8.06. The molecule has 2 heteroatoms. The largest absolute Gasteiger partial charge is 0.394 e. The minimum Gasteiger partial charge on any atom is -0.394 e. The third-order valence-electron chi connectivity index (χ3n) is 3.65.